The van der Waals surface area contributed by atoms with Gasteiger partial charge in [0.2, 0.25) is 0 Å². The molecule has 0 unspecified atom stereocenters. The molecule has 2 rings (SSSR count). The first-order valence-electron chi connectivity index (χ1n) is 10.6. The lowest BCUT2D eigenvalue weighted by atomic mass is 9.96. The molecule has 0 aromatic carbocycles. The Morgan fingerprint density at radius 1 is 0.704 bits per heavy atom. The Labute approximate surface area is 165 Å². The molecule has 1 heterocycles. The van der Waals surface area contributed by atoms with Crippen LogP contribution in [0.15, 0.2) is 0 Å². The number of nitrogens with one attached hydrogen (secondary N) is 5. The second kappa shape index (κ2) is 16.6. The summed E-state index contributed by atoms with van der Waals surface area (Å²) in [4.78, 5) is 0. The minimum Gasteiger partial charge on any atom is -0.315 e. The van der Waals surface area contributed by atoms with Crippen molar-refractivity contribution in [1.29, 1.82) is 0 Å². The zero-order valence-corrected chi connectivity index (χ0v) is 17.6. The molecule has 1 aliphatic carbocycles. The summed E-state index contributed by atoms with van der Waals surface area (Å²) in [6.45, 7) is 9.24. The van der Waals surface area contributed by atoms with Crippen molar-refractivity contribution in [3.63, 3.8) is 0 Å². The SMILES string of the molecule is C1CNCCNCCCNCCNC1.O=S(=O)(O)CCNC1CCCCC1. The van der Waals surface area contributed by atoms with Gasteiger partial charge in [0.05, 0.1) is 5.75 Å². The van der Waals surface area contributed by atoms with E-state index in [0.29, 0.717) is 12.6 Å². The van der Waals surface area contributed by atoms with E-state index in [1.807, 2.05) is 0 Å². The van der Waals surface area contributed by atoms with Gasteiger partial charge in [0.1, 0.15) is 0 Å². The zero-order valence-electron chi connectivity index (χ0n) is 16.8. The van der Waals surface area contributed by atoms with Crippen LogP contribution in [-0.2, 0) is 10.1 Å². The first-order valence-corrected chi connectivity index (χ1v) is 12.2. The molecule has 0 radical (unpaired) electrons. The van der Waals surface area contributed by atoms with Gasteiger partial charge in [0.15, 0.2) is 0 Å². The van der Waals surface area contributed by atoms with Crippen LogP contribution >= 0.6 is 0 Å². The molecule has 2 aliphatic rings. The van der Waals surface area contributed by atoms with Crippen molar-refractivity contribution >= 4 is 10.1 Å². The molecule has 9 heteroatoms. The van der Waals surface area contributed by atoms with E-state index < -0.39 is 10.1 Å². The van der Waals surface area contributed by atoms with Crippen molar-refractivity contribution in [1.82, 2.24) is 26.6 Å². The molecule has 0 bridgehead atoms. The van der Waals surface area contributed by atoms with Crippen LogP contribution in [0.5, 0.6) is 0 Å². The third-order valence-corrected chi connectivity index (χ3v) is 5.49. The van der Waals surface area contributed by atoms with Gasteiger partial charge >= 0.3 is 0 Å². The lowest BCUT2D eigenvalue weighted by Crippen LogP contribution is -2.34. The lowest BCUT2D eigenvalue weighted by Gasteiger charge is -2.22. The maximum atomic E-state index is 10.4. The van der Waals surface area contributed by atoms with Crippen LogP contribution in [0.1, 0.15) is 44.9 Å². The summed E-state index contributed by atoms with van der Waals surface area (Å²) in [5.41, 5.74) is 0. The van der Waals surface area contributed by atoms with Crippen molar-refractivity contribution in [2.24, 2.45) is 0 Å². The number of hydrogen-bond donors (Lipinski definition) is 6. The highest BCUT2D eigenvalue weighted by atomic mass is 32.2. The van der Waals surface area contributed by atoms with Crippen molar-refractivity contribution in [3.05, 3.63) is 0 Å². The van der Waals surface area contributed by atoms with Crippen LogP contribution < -0.4 is 26.6 Å². The molecule has 0 aromatic rings. The van der Waals surface area contributed by atoms with Crippen molar-refractivity contribution in [2.45, 2.75) is 51.0 Å². The van der Waals surface area contributed by atoms with E-state index in [4.69, 9.17) is 4.55 Å². The molecule has 0 atom stereocenters. The molecule has 6 N–H and O–H groups in total. The minimum atomic E-state index is -3.79. The smallest absolute Gasteiger partial charge is 0.266 e. The van der Waals surface area contributed by atoms with Crippen molar-refractivity contribution in [2.75, 3.05) is 64.7 Å². The predicted octanol–water partition coefficient (Wildman–Crippen LogP) is -0.0649. The molecular formula is C18H41N5O3S. The molecule has 1 saturated heterocycles. The molecule has 0 spiro atoms. The van der Waals surface area contributed by atoms with Crippen LogP contribution in [-0.4, -0.2) is 83.7 Å². The van der Waals surface area contributed by atoms with Gasteiger partial charge in [0.25, 0.3) is 10.1 Å². The minimum absolute atomic E-state index is 0.177. The largest absolute Gasteiger partial charge is 0.315 e. The highest BCUT2D eigenvalue weighted by Crippen LogP contribution is 2.16. The van der Waals surface area contributed by atoms with E-state index in [1.54, 1.807) is 0 Å². The fraction of sp³-hybridized carbons (Fsp3) is 1.00. The van der Waals surface area contributed by atoms with Crippen LogP contribution in [0.2, 0.25) is 0 Å². The number of rotatable bonds is 4. The summed E-state index contributed by atoms with van der Waals surface area (Å²) in [6.07, 6.45) is 8.44. The molecule has 1 saturated carbocycles. The van der Waals surface area contributed by atoms with Crippen LogP contribution in [0.3, 0.4) is 0 Å². The highest BCUT2D eigenvalue weighted by Gasteiger charge is 2.13. The van der Waals surface area contributed by atoms with E-state index in [1.165, 1.54) is 32.1 Å². The maximum absolute atomic E-state index is 10.4. The van der Waals surface area contributed by atoms with Crippen molar-refractivity contribution in [3.8, 4) is 0 Å². The van der Waals surface area contributed by atoms with Gasteiger partial charge in [-0.25, -0.2) is 0 Å². The monoisotopic (exact) mass is 407 g/mol. The maximum Gasteiger partial charge on any atom is 0.266 e. The fourth-order valence-corrected chi connectivity index (χ4v) is 3.60. The van der Waals surface area contributed by atoms with Crippen molar-refractivity contribution < 1.29 is 13.0 Å². The molecular weight excluding hydrogens is 366 g/mol. The average molecular weight is 408 g/mol. The predicted molar refractivity (Wildman–Crippen MR) is 112 cm³/mol. The van der Waals surface area contributed by atoms with E-state index in [2.05, 4.69) is 26.6 Å². The average Bonchev–Trinajstić information content (AvgIpc) is 2.64. The fourth-order valence-electron chi connectivity index (χ4n) is 3.23. The van der Waals surface area contributed by atoms with Gasteiger partial charge in [-0.1, -0.05) is 19.3 Å². The lowest BCUT2D eigenvalue weighted by molar-refractivity contribution is 0.378. The Balaban J connectivity index is 0.000000271. The molecule has 1 aliphatic heterocycles. The highest BCUT2D eigenvalue weighted by molar-refractivity contribution is 7.85. The van der Waals surface area contributed by atoms with Crippen LogP contribution in [0.4, 0.5) is 0 Å². The van der Waals surface area contributed by atoms with E-state index in [9.17, 15) is 8.42 Å². The second-order valence-electron chi connectivity index (χ2n) is 7.28. The molecule has 27 heavy (non-hydrogen) atoms. The normalized spacial score (nSPS) is 22.3. The quantitative estimate of drug-likeness (QED) is 0.359. The summed E-state index contributed by atoms with van der Waals surface area (Å²) < 4.78 is 29.3. The summed E-state index contributed by atoms with van der Waals surface area (Å²) in [5, 5.41) is 16.8. The summed E-state index contributed by atoms with van der Waals surface area (Å²) in [6, 6.07) is 0.454. The standard InChI is InChI=1S/C10H24N4.C8H17NO3S/c1-3-11-7-9-13-5-2-6-14-10-8-12-4-1;10-13(11,12)7-6-9-8-4-2-1-3-5-8/h11-14H,1-10H2;8-9H,1-7H2,(H,10,11,12). The van der Waals surface area contributed by atoms with Crippen LogP contribution in [0.25, 0.3) is 0 Å². The van der Waals surface area contributed by atoms with Gasteiger partial charge < -0.3 is 26.6 Å². The van der Waals surface area contributed by atoms with E-state index >= 15 is 0 Å². The Bertz CT molecular complexity index is 377. The van der Waals surface area contributed by atoms with E-state index in [0.717, 1.165) is 65.2 Å². The second-order valence-corrected chi connectivity index (χ2v) is 8.85. The Hall–Kier alpha value is -0.290. The summed E-state index contributed by atoms with van der Waals surface area (Å²) in [5.74, 6) is -0.177. The van der Waals surface area contributed by atoms with Gasteiger partial charge in [0, 0.05) is 38.8 Å². The first-order chi connectivity index (χ1) is 13.1. The van der Waals surface area contributed by atoms with Gasteiger partial charge in [-0.05, 0) is 51.9 Å². The van der Waals surface area contributed by atoms with Crippen LogP contribution in [0, 0.1) is 0 Å². The molecule has 2 fully saturated rings. The Morgan fingerprint density at radius 3 is 1.56 bits per heavy atom. The molecule has 0 aromatic heterocycles. The zero-order chi connectivity index (χ0) is 19.6. The van der Waals surface area contributed by atoms with Gasteiger partial charge in [-0.3, -0.25) is 4.55 Å². The first kappa shape index (κ1) is 24.7. The molecule has 8 nitrogen and oxygen atoms in total. The van der Waals surface area contributed by atoms with E-state index in [-0.39, 0.29) is 5.75 Å². The Morgan fingerprint density at radius 2 is 1.15 bits per heavy atom. The van der Waals surface area contributed by atoms with Gasteiger partial charge in [-0.15, -0.1) is 0 Å². The van der Waals surface area contributed by atoms with Gasteiger partial charge in [-0.2, -0.15) is 8.42 Å². The topological polar surface area (TPSA) is 115 Å². The summed E-state index contributed by atoms with van der Waals surface area (Å²) >= 11 is 0. The molecule has 0 amide bonds. The number of hydrogen-bond acceptors (Lipinski definition) is 7. The third-order valence-electron chi connectivity index (χ3n) is 4.77. The molecule has 162 valence electrons. The third kappa shape index (κ3) is 17.5. The Kier molecular flexibility index (Phi) is 15.3. The summed E-state index contributed by atoms with van der Waals surface area (Å²) in [7, 11) is -3.79.